The van der Waals surface area contributed by atoms with E-state index >= 15 is 0 Å². The van der Waals surface area contributed by atoms with Crippen LogP contribution in [0.3, 0.4) is 0 Å². The van der Waals surface area contributed by atoms with Gasteiger partial charge in [0.2, 0.25) is 0 Å². The van der Waals surface area contributed by atoms with Crippen molar-refractivity contribution in [2.45, 2.75) is 31.6 Å². The summed E-state index contributed by atoms with van der Waals surface area (Å²) >= 11 is 3.61. The first kappa shape index (κ1) is 14.0. The molecule has 1 atom stereocenters. The molecule has 0 radical (unpaired) electrons. The van der Waals surface area contributed by atoms with Crippen molar-refractivity contribution in [2.24, 2.45) is 0 Å². The number of aliphatic hydroxyl groups excluding tert-OH is 1. The predicted molar refractivity (Wildman–Crippen MR) is 74.4 cm³/mol. The summed E-state index contributed by atoms with van der Waals surface area (Å²) in [7, 11) is 0. The van der Waals surface area contributed by atoms with Gasteiger partial charge in [-0.05, 0) is 22.4 Å². The molecule has 92 valence electrons. The van der Waals surface area contributed by atoms with E-state index in [2.05, 4.69) is 37.5 Å². The van der Waals surface area contributed by atoms with Crippen LogP contribution in [0.25, 0.3) is 0 Å². The maximum absolute atomic E-state index is 9.29. The summed E-state index contributed by atoms with van der Waals surface area (Å²) < 4.78 is 0.318. The van der Waals surface area contributed by atoms with Crippen molar-refractivity contribution in [3.63, 3.8) is 0 Å². The van der Waals surface area contributed by atoms with Gasteiger partial charge in [0, 0.05) is 17.0 Å². The van der Waals surface area contributed by atoms with Gasteiger partial charge in [0.05, 0.1) is 12.6 Å². The maximum atomic E-state index is 9.29. The molecular weight excluding hydrogens is 238 g/mol. The van der Waals surface area contributed by atoms with Gasteiger partial charge in [-0.1, -0.05) is 20.8 Å². The summed E-state index contributed by atoms with van der Waals surface area (Å²) in [6.45, 7) is 7.76. The highest BCUT2D eigenvalue weighted by Crippen LogP contribution is 2.22. The lowest BCUT2D eigenvalue weighted by molar-refractivity contribution is 0.247. The summed E-state index contributed by atoms with van der Waals surface area (Å²) in [6.07, 6.45) is 0. The SMILES string of the molecule is CC(C)(C)SCCN[C@@H](CO)c1ccsc1. The van der Waals surface area contributed by atoms with E-state index in [1.54, 1.807) is 11.3 Å². The Kier molecular flexibility index (Phi) is 5.83. The highest BCUT2D eigenvalue weighted by Gasteiger charge is 2.12. The van der Waals surface area contributed by atoms with Gasteiger partial charge in [0.25, 0.3) is 0 Å². The van der Waals surface area contributed by atoms with Crippen LogP contribution in [0.1, 0.15) is 32.4 Å². The van der Waals surface area contributed by atoms with E-state index in [0.717, 1.165) is 12.3 Å². The minimum atomic E-state index is 0.0896. The Hall–Kier alpha value is -0.0300. The number of rotatable bonds is 6. The topological polar surface area (TPSA) is 32.3 Å². The van der Waals surface area contributed by atoms with Gasteiger partial charge in [-0.15, -0.1) is 0 Å². The van der Waals surface area contributed by atoms with Crippen LogP contribution in [-0.2, 0) is 0 Å². The largest absolute Gasteiger partial charge is 0.394 e. The zero-order valence-corrected chi connectivity index (χ0v) is 11.8. The smallest absolute Gasteiger partial charge is 0.0626 e. The number of aliphatic hydroxyl groups is 1. The monoisotopic (exact) mass is 259 g/mol. The van der Waals surface area contributed by atoms with Crippen molar-refractivity contribution >= 4 is 23.1 Å². The average Bonchev–Trinajstić information content (AvgIpc) is 2.69. The summed E-state index contributed by atoms with van der Waals surface area (Å²) in [4.78, 5) is 0. The summed E-state index contributed by atoms with van der Waals surface area (Å²) in [5, 5.41) is 16.8. The molecule has 0 amide bonds. The molecule has 0 aliphatic rings. The zero-order chi connectivity index (χ0) is 12.0. The van der Waals surface area contributed by atoms with E-state index in [1.807, 2.05) is 17.1 Å². The third-order valence-corrected chi connectivity index (χ3v) is 4.13. The molecule has 1 aromatic heterocycles. The van der Waals surface area contributed by atoms with Crippen LogP contribution in [0.2, 0.25) is 0 Å². The number of thioether (sulfide) groups is 1. The van der Waals surface area contributed by atoms with Crippen LogP contribution in [0.4, 0.5) is 0 Å². The first-order valence-corrected chi connectivity index (χ1v) is 7.46. The molecule has 1 rings (SSSR count). The average molecular weight is 259 g/mol. The van der Waals surface area contributed by atoms with Gasteiger partial charge in [-0.3, -0.25) is 0 Å². The van der Waals surface area contributed by atoms with Crippen molar-refractivity contribution in [2.75, 3.05) is 18.9 Å². The second-order valence-electron chi connectivity index (χ2n) is 4.71. The predicted octanol–water partition coefficient (Wildman–Crippen LogP) is 2.90. The standard InChI is InChI=1S/C12H21NOS2/c1-12(2,3)16-7-5-13-11(8-14)10-4-6-15-9-10/h4,6,9,11,13-14H,5,7-8H2,1-3H3/t11-/m0/s1. The number of nitrogens with one attached hydrogen (secondary N) is 1. The molecule has 0 aromatic carbocycles. The lowest BCUT2D eigenvalue weighted by atomic mass is 10.2. The van der Waals surface area contributed by atoms with E-state index < -0.39 is 0 Å². The second kappa shape index (κ2) is 6.64. The minimum Gasteiger partial charge on any atom is -0.394 e. The Morgan fingerprint density at radius 3 is 2.75 bits per heavy atom. The summed E-state index contributed by atoms with van der Waals surface area (Å²) in [5.41, 5.74) is 1.19. The molecule has 4 heteroatoms. The second-order valence-corrected chi connectivity index (χ2v) is 7.41. The van der Waals surface area contributed by atoms with E-state index in [9.17, 15) is 5.11 Å². The van der Waals surface area contributed by atoms with E-state index in [1.165, 1.54) is 5.56 Å². The molecule has 0 fully saturated rings. The molecule has 0 saturated carbocycles. The van der Waals surface area contributed by atoms with Crippen LogP contribution in [0, 0.1) is 0 Å². The van der Waals surface area contributed by atoms with Gasteiger partial charge in [-0.25, -0.2) is 0 Å². The van der Waals surface area contributed by atoms with Crippen LogP contribution < -0.4 is 5.32 Å². The fourth-order valence-electron chi connectivity index (χ4n) is 1.35. The molecule has 0 aliphatic carbocycles. The van der Waals surface area contributed by atoms with Gasteiger partial charge in [0.15, 0.2) is 0 Å². The molecule has 2 nitrogen and oxygen atoms in total. The fraction of sp³-hybridized carbons (Fsp3) is 0.667. The van der Waals surface area contributed by atoms with E-state index in [-0.39, 0.29) is 12.6 Å². The number of hydrogen-bond donors (Lipinski definition) is 2. The highest BCUT2D eigenvalue weighted by molar-refractivity contribution is 8.00. The molecule has 0 saturated heterocycles. The normalized spacial score (nSPS) is 14.0. The van der Waals surface area contributed by atoms with Gasteiger partial charge in [-0.2, -0.15) is 23.1 Å². The third kappa shape index (κ3) is 5.34. The van der Waals surface area contributed by atoms with Crippen molar-refractivity contribution in [3.8, 4) is 0 Å². The first-order chi connectivity index (χ1) is 7.53. The highest BCUT2D eigenvalue weighted by atomic mass is 32.2. The van der Waals surface area contributed by atoms with E-state index in [4.69, 9.17) is 0 Å². The van der Waals surface area contributed by atoms with Crippen molar-refractivity contribution in [3.05, 3.63) is 22.4 Å². The molecular formula is C12H21NOS2. The molecule has 2 N–H and O–H groups in total. The molecule has 16 heavy (non-hydrogen) atoms. The summed E-state index contributed by atoms with van der Waals surface area (Å²) in [5.74, 6) is 1.07. The van der Waals surface area contributed by atoms with Crippen LogP contribution in [0.5, 0.6) is 0 Å². The minimum absolute atomic E-state index is 0.0896. The maximum Gasteiger partial charge on any atom is 0.0626 e. The van der Waals surface area contributed by atoms with Gasteiger partial charge < -0.3 is 10.4 Å². The lowest BCUT2D eigenvalue weighted by Crippen LogP contribution is -2.27. The molecule has 0 unspecified atom stereocenters. The Balaban J connectivity index is 2.25. The molecule has 0 aliphatic heterocycles. The van der Waals surface area contributed by atoms with E-state index in [0.29, 0.717) is 4.75 Å². The molecule has 1 aromatic rings. The Labute approximate surface area is 106 Å². The summed E-state index contributed by atoms with van der Waals surface area (Å²) in [6, 6.07) is 2.15. The van der Waals surface area contributed by atoms with Crippen molar-refractivity contribution in [1.82, 2.24) is 5.32 Å². The Morgan fingerprint density at radius 1 is 1.50 bits per heavy atom. The quantitative estimate of drug-likeness (QED) is 0.771. The van der Waals surface area contributed by atoms with Crippen LogP contribution in [-0.4, -0.2) is 28.8 Å². The molecule has 0 spiro atoms. The molecule has 1 heterocycles. The first-order valence-electron chi connectivity index (χ1n) is 5.53. The fourth-order valence-corrected chi connectivity index (χ4v) is 2.90. The third-order valence-electron chi connectivity index (χ3n) is 2.16. The number of hydrogen-bond acceptors (Lipinski definition) is 4. The van der Waals surface area contributed by atoms with Crippen molar-refractivity contribution < 1.29 is 5.11 Å². The van der Waals surface area contributed by atoms with Crippen LogP contribution >= 0.6 is 23.1 Å². The Morgan fingerprint density at radius 2 is 2.25 bits per heavy atom. The lowest BCUT2D eigenvalue weighted by Gasteiger charge is -2.19. The number of thiophene rings is 1. The van der Waals surface area contributed by atoms with Crippen LogP contribution in [0.15, 0.2) is 16.8 Å². The van der Waals surface area contributed by atoms with Crippen molar-refractivity contribution in [1.29, 1.82) is 0 Å². The molecule has 0 bridgehead atoms. The zero-order valence-electron chi connectivity index (χ0n) is 10.2. The van der Waals surface area contributed by atoms with Gasteiger partial charge >= 0.3 is 0 Å². The Bertz CT molecular complexity index is 280. The van der Waals surface area contributed by atoms with Gasteiger partial charge in [0.1, 0.15) is 0 Å².